The molecule has 126 valence electrons. The third-order valence-corrected chi connectivity index (χ3v) is 3.02. The number of nitro benzene ring substituents is 1. The molecule has 5 nitrogen and oxygen atoms in total. The summed E-state index contributed by atoms with van der Waals surface area (Å²) < 4.78 is 66.0. The van der Waals surface area contributed by atoms with Gasteiger partial charge in [-0.3, -0.25) is 15.5 Å². The second kappa shape index (κ2) is 6.60. The molecule has 0 spiro atoms. The molecule has 2 rings (SSSR count). The number of non-ortho nitro benzene ring substituents is 1. The molecule has 24 heavy (non-hydrogen) atoms. The molecule has 0 atom stereocenters. The van der Waals surface area contributed by atoms with Gasteiger partial charge in [-0.05, 0) is 6.92 Å². The number of halogens is 5. The van der Waals surface area contributed by atoms with Crippen LogP contribution in [0.3, 0.4) is 0 Å². The van der Waals surface area contributed by atoms with E-state index in [4.69, 9.17) is 0 Å². The molecule has 0 radical (unpaired) electrons. The lowest BCUT2D eigenvalue weighted by atomic mass is 10.1. The Labute approximate surface area is 131 Å². The normalized spacial score (nSPS) is 11.5. The Kier molecular flexibility index (Phi) is 4.77. The van der Waals surface area contributed by atoms with E-state index in [0.29, 0.717) is 0 Å². The van der Waals surface area contributed by atoms with E-state index in [-0.39, 0.29) is 17.0 Å². The van der Waals surface area contributed by atoms with Crippen molar-refractivity contribution < 1.29 is 26.9 Å². The topological polar surface area (TPSA) is 67.5 Å². The van der Waals surface area contributed by atoms with Crippen LogP contribution in [-0.2, 0) is 0 Å². The Balaban J connectivity index is 2.38. The van der Waals surface area contributed by atoms with Crippen molar-refractivity contribution in [1.29, 1.82) is 0 Å². The van der Waals surface area contributed by atoms with Gasteiger partial charge in [-0.15, -0.1) is 0 Å². The maximum Gasteiger partial charge on any atom is 0.270 e. The molecule has 0 aliphatic carbocycles. The van der Waals surface area contributed by atoms with Gasteiger partial charge < -0.3 is 0 Å². The number of anilines is 1. The first-order valence-corrected chi connectivity index (χ1v) is 6.30. The summed E-state index contributed by atoms with van der Waals surface area (Å²) in [6.45, 7) is 1.33. The first kappa shape index (κ1) is 17.3. The van der Waals surface area contributed by atoms with E-state index in [2.05, 4.69) is 5.10 Å². The van der Waals surface area contributed by atoms with Crippen molar-refractivity contribution in [3.63, 3.8) is 0 Å². The zero-order valence-electron chi connectivity index (χ0n) is 11.9. The van der Waals surface area contributed by atoms with E-state index >= 15 is 0 Å². The number of benzene rings is 2. The number of nitrogens with zero attached hydrogens (tertiary/aromatic N) is 2. The van der Waals surface area contributed by atoms with Crippen molar-refractivity contribution in [1.82, 2.24) is 0 Å². The van der Waals surface area contributed by atoms with Crippen LogP contribution in [-0.4, -0.2) is 10.6 Å². The maximum absolute atomic E-state index is 13.5. The molecule has 0 fully saturated rings. The maximum atomic E-state index is 13.5. The second-order valence-electron chi connectivity index (χ2n) is 4.56. The minimum atomic E-state index is -2.28. The number of nitrogens with one attached hydrogen (secondary N) is 1. The van der Waals surface area contributed by atoms with Crippen molar-refractivity contribution in [3.8, 4) is 0 Å². The Morgan fingerprint density at radius 2 is 1.58 bits per heavy atom. The standard InChI is InChI=1S/C14H8F5N3O2/c1-6(7-3-2-4-8(5-7)22(23)24)20-21-14-12(18)10(16)9(15)11(17)13(14)19/h2-5,21H,1H3/b20-6-. The molecule has 2 aromatic rings. The van der Waals surface area contributed by atoms with Crippen LogP contribution < -0.4 is 5.43 Å². The Morgan fingerprint density at radius 1 is 1.04 bits per heavy atom. The second-order valence-corrected chi connectivity index (χ2v) is 4.56. The first-order chi connectivity index (χ1) is 11.2. The van der Waals surface area contributed by atoms with Crippen molar-refractivity contribution in [2.24, 2.45) is 5.10 Å². The van der Waals surface area contributed by atoms with Gasteiger partial charge in [0.25, 0.3) is 5.69 Å². The quantitative estimate of drug-likeness (QED) is 0.226. The molecular formula is C14H8F5N3O2. The van der Waals surface area contributed by atoms with Crippen LogP contribution >= 0.6 is 0 Å². The van der Waals surface area contributed by atoms with Crippen LogP contribution in [0.25, 0.3) is 0 Å². The van der Waals surface area contributed by atoms with Crippen molar-refractivity contribution in [2.75, 3.05) is 5.43 Å². The molecule has 10 heteroatoms. The predicted octanol–water partition coefficient (Wildman–Crippen LogP) is 4.13. The van der Waals surface area contributed by atoms with Gasteiger partial charge in [0.2, 0.25) is 5.82 Å². The van der Waals surface area contributed by atoms with Crippen LogP contribution in [0.2, 0.25) is 0 Å². The highest BCUT2D eigenvalue weighted by atomic mass is 19.2. The predicted molar refractivity (Wildman–Crippen MR) is 75.2 cm³/mol. The lowest BCUT2D eigenvalue weighted by Crippen LogP contribution is -2.08. The Morgan fingerprint density at radius 3 is 2.12 bits per heavy atom. The Hall–Kier alpha value is -3.04. The highest BCUT2D eigenvalue weighted by Gasteiger charge is 2.25. The van der Waals surface area contributed by atoms with E-state index in [9.17, 15) is 32.1 Å². The summed E-state index contributed by atoms with van der Waals surface area (Å²) in [5, 5.41) is 14.2. The lowest BCUT2D eigenvalue weighted by Gasteiger charge is -2.08. The number of hydrazone groups is 1. The molecule has 0 heterocycles. The Bertz CT molecular complexity index is 826. The first-order valence-electron chi connectivity index (χ1n) is 6.30. The summed E-state index contributed by atoms with van der Waals surface area (Å²) in [6.07, 6.45) is 0. The summed E-state index contributed by atoms with van der Waals surface area (Å²) >= 11 is 0. The fourth-order valence-electron chi connectivity index (χ4n) is 1.75. The number of rotatable bonds is 4. The van der Waals surface area contributed by atoms with E-state index in [1.807, 2.05) is 0 Å². The molecule has 1 N–H and O–H groups in total. The van der Waals surface area contributed by atoms with Gasteiger partial charge in [-0.2, -0.15) is 5.10 Å². The third kappa shape index (κ3) is 3.16. The average molecular weight is 345 g/mol. The van der Waals surface area contributed by atoms with E-state index in [1.54, 1.807) is 5.43 Å². The summed E-state index contributed by atoms with van der Waals surface area (Å²) in [4.78, 5) is 10.0. The third-order valence-electron chi connectivity index (χ3n) is 3.02. The number of nitro groups is 1. The molecule has 0 aliphatic rings. The van der Waals surface area contributed by atoms with Crippen molar-refractivity contribution in [2.45, 2.75) is 6.92 Å². The lowest BCUT2D eigenvalue weighted by molar-refractivity contribution is -0.384. The van der Waals surface area contributed by atoms with E-state index < -0.39 is 39.7 Å². The molecule has 0 saturated heterocycles. The fourth-order valence-corrected chi connectivity index (χ4v) is 1.75. The molecule has 0 unspecified atom stereocenters. The van der Waals surface area contributed by atoms with Crippen LogP contribution in [0.15, 0.2) is 29.4 Å². The van der Waals surface area contributed by atoms with Gasteiger partial charge >= 0.3 is 0 Å². The van der Waals surface area contributed by atoms with Gasteiger partial charge in [0, 0.05) is 17.7 Å². The molecule has 0 amide bonds. The largest absolute Gasteiger partial charge is 0.272 e. The SMILES string of the molecule is C/C(=N/Nc1c(F)c(F)c(F)c(F)c1F)c1cccc([N+](=O)[O-])c1. The molecule has 0 saturated carbocycles. The van der Waals surface area contributed by atoms with Crippen molar-refractivity contribution >= 4 is 17.1 Å². The summed E-state index contributed by atoms with van der Waals surface area (Å²) in [5.41, 5.74) is 0.437. The molecule has 0 aliphatic heterocycles. The highest BCUT2D eigenvalue weighted by Crippen LogP contribution is 2.27. The number of hydrogen-bond acceptors (Lipinski definition) is 4. The molecule has 0 aromatic heterocycles. The van der Waals surface area contributed by atoms with Gasteiger partial charge in [0.05, 0.1) is 10.6 Å². The van der Waals surface area contributed by atoms with E-state index in [0.717, 1.165) is 6.07 Å². The average Bonchev–Trinajstić information content (AvgIpc) is 2.58. The highest BCUT2D eigenvalue weighted by molar-refractivity contribution is 5.99. The van der Waals surface area contributed by atoms with Crippen molar-refractivity contribution in [3.05, 3.63) is 69.0 Å². The summed E-state index contributed by atoms with van der Waals surface area (Å²) in [6, 6.07) is 5.13. The molecule has 2 aromatic carbocycles. The number of hydrogen-bond donors (Lipinski definition) is 1. The van der Waals surface area contributed by atoms with Crippen LogP contribution in [0.1, 0.15) is 12.5 Å². The molecular weight excluding hydrogens is 337 g/mol. The smallest absolute Gasteiger partial charge is 0.270 e. The van der Waals surface area contributed by atoms with Gasteiger partial charge in [-0.25, -0.2) is 22.0 Å². The monoisotopic (exact) mass is 345 g/mol. The summed E-state index contributed by atoms with van der Waals surface area (Å²) in [7, 11) is 0. The summed E-state index contributed by atoms with van der Waals surface area (Å²) in [5.74, 6) is -10.6. The van der Waals surface area contributed by atoms with Gasteiger partial charge in [0.15, 0.2) is 23.3 Å². The zero-order chi connectivity index (χ0) is 18.0. The zero-order valence-corrected chi connectivity index (χ0v) is 11.9. The van der Waals surface area contributed by atoms with Crippen LogP contribution in [0.4, 0.5) is 33.3 Å². The van der Waals surface area contributed by atoms with Crippen LogP contribution in [0, 0.1) is 39.2 Å². The fraction of sp³-hybridized carbons (Fsp3) is 0.0714. The van der Waals surface area contributed by atoms with Crippen LogP contribution in [0.5, 0.6) is 0 Å². The van der Waals surface area contributed by atoms with E-state index in [1.165, 1.54) is 25.1 Å². The molecule has 0 bridgehead atoms. The van der Waals surface area contributed by atoms with Gasteiger partial charge in [-0.1, -0.05) is 12.1 Å². The van der Waals surface area contributed by atoms with Gasteiger partial charge in [0.1, 0.15) is 5.69 Å². The minimum absolute atomic E-state index is 0.0302. The minimum Gasteiger partial charge on any atom is -0.272 e.